The zero-order valence-corrected chi connectivity index (χ0v) is 12.9. The van der Waals surface area contributed by atoms with Gasteiger partial charge in [0.25, 0.3) is 0 Å². The second-order valence-electron chi connectivity index (χ2n) is 5.03. The van der Waals surface area contributed by atoms with Crippen LogP contribution < -0.4 is 19.8 Å². The number of hydrogen-bond acceptors (Lipinski definition) is 4. The third-order valence-electron chi connectivity index (χ3n) is 3.43. The number of para-hydroxylation sites is 2. The number of aromatic amines is 2. The van der Waals surface area contributed by atoms with Crippen LogP contribution in [0.1, 0.15) is 0 Å². The van der Waals surface area contributed by atoms with Gasteiger partial charge in [-0.25, -0.2) is 9.97 Å². The van der Waals surface area contributed by atoms with Gasteiger partial charge in [-0.05, 0) is 36.0 Å². The van der Waals surface area contributed by atoms with Gasteiger partial charge in [0.1, 0.15) is 0 Å². The molecule has 0 fully saturated rings. The van der Waals surface area contributed by atoms with Crippen molar-refractivity contribution < 1.29 is 19.3 Å². The summed E-state index contributed by atoms with van der Waals surface area (Å²) < 4.78 is 10.5. The molecule has 6 nitrogen and oxygen atoms in total. The van der Waals surface area contributed by atoms with Gasteiger partial charge in [-0.1, -0.05) is 12.1 Å². The Labute approximate surface area is 136 Å². The van der Waals surface area contributed by atoms with Crippen molar-refractivity contribution in [1.82, 2.24) is 4.98 Å². The van der Waals surface area contributed by atoms with Crippen LogP contribution in [-0.4, -0.2) is 23.4 Å². The maximum atomic E-state index is 12.1. The molecule has 3 N–H and O–H groups in total. The molecule has 7 heteroatoms. The number of nitrogens with one attached hydrogen (secondary N) is 3. The maximum absolute atomic E-state index is 12.1. The van der Waals surface area contributed by atoms with E-state index in [0.29, 0.717) is 22.9 Å². The summed E-state index contributed by atoms with van der Waals surface area (Å²) in [6, 6.07) is 13.3. The first-order chi connectivity index (χ1) is 11.3. The molecule has 1 amide bonds. The van der Waals surface area contributed by atoms with Crippen LogP contribution in [-0.2, 0) is 4.79 Å². The Morgan fingerprint density at radius 3 is 3.00 bits per heavy atom. The van der Waals surface area contributed by atoms with Gasteiger partial charge in [-0.3, -0.25) is 4.79 Å². The molecule has 0 bridgehead atoms. The number of benzene rings is 2. The first-order valence-electron chi connectivity index (χ1n) is 7.10. The number of rotatable bonds is 4. The molecule has 2 heterocycles. The number of carbonyl (C=O) groups is 1. The van der Waals surface area contributed by atoms with Crippen LogP contribution in [0.3, 0.4) is 0 Å². The fourth-order valence-electron chi connectivity index (χ4n) is 2.36. The molecule has 1 aliphatic rings. The highest BCUT2D eigenvalue weighted by Crippen LogP contribution is 2.34. The highest BCUT2D eigenvalue weighted by Gasteiger charge is 2.15. The van der Waals surface area contributed by atoms with Crippen molar-refractivity contribution in [3.8, 4) is 11.5 Å². The van der Waals surface area contributed by atoms with E-state index >= 15 is 0 Å². The summed E-state index contributed by atoms with van der Waals surface area (Å²) in [6.07, 6.45) is 0. The third kappa shape index (κ3) is 2.95. The summed E-state index contributed by atoms with van der Waals surface area (Å²) in [7, 11) is 0. The van der Waals surface area contributed by atoms with Gasteiger partial charge >= 0.3 is 5.16 Å². The highest BCUT2D eigenvalue weighted by molar-refractivity contribution is 7.99. The lowest BCUT2D eigenvalue weighted by Gasteiger charge is -2.04. The molecule has 0 aliphatic carbocycles. The van der Waals surface area contributed by atoms with Crippen molar-refractivity contribution in [3.63, 3.8) is 0 Å². The molecule has 1 aromatic heterocycles. The molecule has 2 aromatic carbocycles. The Hall–Kier alpha value is -2.67. The van der Waals surface area contributed by atoms with Crippen molar-refractivity contribution >= 4 is 34.4 Å². The van der Waals surface area contributed by atoms with Gasteiger partial charge in [-0.15, -0.1) is 0 Å². The second-order valence-corrected chi connectivity index (χ2v) is 6.02. The van der Waals surface area contributed by atoms with Crippen LogP contribution in [0.4, 0.5) is 5.69 Å². The quantitative estimate of drug-likeness (QED) is 0.721. The number of aromatic nitrogens is 2. The molecule has 0 radical (unpaired) electrons. The first kappa shape index (κ1) is 14.0. The molecule has 23 heavy (non-hydrogen) atoms. The minimum Gasteiger partial charge on any atom is -0.454 e. The van der Waals surface area contributed by atoms with E-state index in [9.17, 15) is 4.79 Å². The van der Waals surface area contributed by atoms with Crippen LogP contribution in [0, 0.1) is 0 Å². The van der Waals surface area contributed by atoms with Crippen molar-refractivity contribution in [2.45, 2.75) is 5.16 Å². The van der Waals surface area contributed by atoms with Crippen molar-refractivity contribution in [1.29, 1.82) is 0 Å². The third-order valence-corrected chi connectivity index (χ3v) is 4.33. The summed E-state index contributed by atoms with van der Waals surface area (Å²) in [5.41, 5.74) is 2.73. The van der Waals surface area contributed by atoms with E-state index < -0.39 is 0 Å². The van der Waals surface area contributed by atoms with E-state index in [2.05, 4.69) is 15.3 Å². The number of imidazole rings is 1. The minimum absolute atomic E-state index is 0.0825. The van der Waals surface area contributed by atoms with Crippen molar-refractivity contribution in [2.24, 2.45) is 0 Å². The van der Waals surface area contributed by atoms with Gasteiger partial charge in [0.15, 0.2) is 22.5 Å². The Kier molecular flexibility index (Phi) is 3.55. The van der Waals surface area contributed by atoms with E-state index in [0.717, 1.165) is 16.2 Å². The summed E-state index contributed by atoms with van der Waals surface area (Å²) in [4.78, 5) is 18.5. The number of carbonyl (C=O) groups excluding carboxylic acids is 1. The first-order valence-corrected chi connectivity index (χ1v) is 8.09. The Morgan fingerprint density at radius 2 is 2.09 bits per heavy atom. The highest BCUT2D eigenvalue weighted by atomic mass is 32.2. The van der Waals surface area contributed by atoms with E-state index in [4.69, 9.17) is 9.47 Å². The summed E-state index contributed by atoms with van der Waals surface area (Å²) in [6.45, 7) is 0.221. The number of H-pyrrole nitrogens is 2. The molecule has 0 spiro atoms. The van der Waals surface area contributed by atoms with Gasteiger partial charge < -0.3 is 14.8 Å². The molecule has 116 valence electrons. The fourth-order valence-corrected chi connectivity index (χ4v) is 3.07. The lowest BCUT2D eigenvalue weighted by molar-refractivity contribution is -0.396. The number of thioether (sulfide) groups is 1. The summed E-state index contributed by atoms with van der Waals surface area (Å²) >= 11 is 1.42. The Morgan fingerprint density at radius 1 is 1.22 bits per heavy atom. The standard InChI is InChI=1S/C16H13N3O3S/c20-15(17-10-5-6-13-14(7-10)22-9-21-13)8-23-16-18-11-3-1-2-4-12(11)19-16/h1-7H,8-9H2,(H,17,20)(H,18,19)/p+1. The number of hydrogen-bond donors (Lipinski definition) is 2. The number of anilines is 1. The zero-order valence-electron chi connectivity index (χ0n) is 12.1. The number of fused-ring (bicyclic) bond motifs is 2. The van der Waals surface area contributed by atoms with Crippen LogP contribution in [0.5, 0.6) is 11.5 Å². The van der Waals surface area contributed by atoms with Gasteiger partial charge in [0.05, 0.1) is 5.75 Å². The predicted molar refractivity (Wildman–Crippen MR) is 86.8 cm³/mol. The number of ether oxygens (including phenoxy) is 2. The molecular formula is C16H14N3O3S+. The van der Waals surface area contributed by atoms with Crippen LogP contribution in [0.25, 0.3) is 11.0 Å². The van der Waals surface area contributed by atoms with E-state index in [-0.39, 0.29) is 12.7 Å². The maximum Gasteiger partial charge on any atom is 0.315 e. The van der Waals surface area contributed by atoms with Crippen molar-refractivity contribution in [2.75, 3.05) is 17.9 Å². The van der Waals surface area contributed by atoms with Crippen LogP contribution in [0.2, 0.25) is 0 Å². The largest absolute Gasteiger partial charge is 0.454 e. The number of amides is 1. The van der Waals surface area contributed by atoms with E-state index in [1.165, 1.54) is 11.8 Å². The summed E-state index contributed by atoms with van der Waals surface area (Å²) in [5.74, 6) is 1.57. The monoisotopic (exact) mass is 328 g/mol. The van der Waals surface area contributed by atoms with Gasteiger partial charge in [0, 0.05) is 11.8 Å². The molecule has 0 saturated carbocycles. The Bertz CT molecular complexity index is 845. The molecular weight excluding hydrogens is 314 g/mol. The SMILES string of the molecule is O=C(CSc1[nH]c2ccccc2[nH+]1)Nc1ccc2c(c1)OCO2. The molecule has 1 aliphatic heterocycles. The molecule has 4 rings (SSSR count). The molecule has 0 saturated heterocycles. The normalized spacial score (nSPS) is 12.5. The van der Waals surface area contributed by atoms with E-state index in [1.807, 2.05) is 24.3 Å². The lowest BCUT2D eigenvalue weighted by atomic mass is 10.3. The minimum atomic E-state index is -0.0825. The smallest absolute Gasteiger partial charge is 0.315 e. The fraction of sp³-hybridized carbons (Fsp3) is 0.125. The lowest BCUT2D eigenvalue weighted by Crippen LogP contribution is -2.15. The van der Waals surface area contributed by atoms with Crippen LogP contribution >= 0.6 is 11.8 Å². The van der Waals surface area contributed by atoms with Gasteiger partial charge in [0.2, 0.25) is 12.7 Å². The average molecular weight is 328 g/mol. The Balaban J connectivity index is 1.38. The van der Waals surface area contributed by atoms with E-state index in [1.54, 1.807) is 18.2 Å². The summed E-state index contributed by atoms with van der Waals surface area (Å²) in [5, 5.41) is 3.71. The van der Waals surface area contributed by atoms with Gasteiger partial charge in [-0.2, -0.15) is 0 Å². The predicted octanol–water partition coefficient (Wildman–Crippen LogP) is 2.44. The average Bonchev–Trinajstić information content (AvgIpc) is 3.18. The molecule has 3 aromatic rings. The van der Waals surface area contributed by atoms with Crippen LogP contribution in [0.15, 0.2) is 47.6 Å². The van der Waals surface area contributed by atoms with Crippen molar-refractivity contribution in [3.05, 3.63) is 42.5 Å². The zero-order chi connectivity index (χ0) is 15.6. The molecule has 0 unspecified atom stereocenters. The topological polar surface area (TPSA) is 77.5 Å². The second kappa shape index (κ2) is 5.85. The molecule has 0 atom stereocenters.